The smallest absolute Gasteiger partial charge is 0.410 e. The van der Waals surface area contributed by atoms with Crippen LogP contribution in [0.5, 0.6) is 0 Å². The van der Waals surface area contributed by atoms with Gasteiger partial charge in [0.05, 0.1) is 34.0 Å². The van der Waals surface area contributed by atoms with E-state index >= 15 is 0 Å². The second kappa shape index (κ2) is 40.0. The highest BCUT2D eigenvalue weighted by Crippen LogP contribution is 2.39. The summed E-state index contributed by atoms with van der Waals surface area (Å²) in [6.07, 6.45) is 6.39. The molecule has 8 aromatic heterocycles. The van der Waals surface area contributed by atoms with Crippen molar-refractivity contribution in [1.29, 1.82) is 0 Å². The molecular formula is C97H108N26O6. The van der Waals surface area contributed by atoms with Crippen LogP contribution in [0.3, 0.4) is 0 Å². The van der Waals surface area contributed by atoms with Crippen LogP contribution in [0, 0.1) is 27.7 Å². The van der Waals surface area contributed by atoms with Crippen molar-refractivity contribution in [3.63, 3.8) is 0 Å². The molecular weight excluding hydrogens is 1630 g/mol. The third-order valence-electron chi connectivity index (χ3n) is 20.6. The molecule has 17 rings (SSSR count). The molecule has 8 aromatic carbocycles. The van der Waals surface area contributed by atoms with E-state index in [1.165, 1.54) is 25.3 Å². The van der Waals surface area contributed by atoms with Crippen LogP contribution in [0.4, 0.5) is 61.3 Å². The van der Waals surface area contributed by atoms with Gasteiger partial charge in [-0.1, -0.05) is 129 Å². The van der Waals surface area contributed by atoms with Gasteiger partial charge in [0.15, 0.2) is 22.6 Å². The number of hydrogen-bond acceptors (Lipinski definition) is 22. The Morgan fingerprint density at radius 3 is 1.21 bits per heavy atom. The number of aryl methyl sites for hydroxylation is 4. The van der Waals surface area contributed by atoms with E-state index in [-0.39, 0.29) is 75.3 Å². The molecule has 13 N–H and O–H groups in total. The number of likely N-dealkylation sites (tertiary alicyclic amines) is 1. The van der Waals surface area contributed by atoms with E-state index in [0.717, 1.165) is 77.9 Å². The largest absolute Gasteiger partial charge is 0.444 e. The lowest BCUT2D eigenvalue weighted by Gasteiger charge is -2.24. The fraction of sp³-hybridized carbons (Fsp3) is 0.247. The zero-order valence-electron chi connectivity index (χ0n) is 72.8. The molecule has 0 aliphatic carbocycles. The van der Waals surface area contributed by atoms with Gasteiger partial charge in [0.1, 0.15) is 77.0 Å². The number of rotatable bonds is 17. The van der Waals surface area contributed by atoms with Crippen molar-refractivity contribution in [2.24, 2.45) is 0 Å². The first kappa shape index (κ1) is 92.3. The molecule has 1 aliphatic heterocycles. The highest BCUT2D eigenvalue weighted by atomic mass is 16.6. The molecule has 1 aliphatic rings. The van der Waals surface area contributed by atoms with Crippen LogP contribution < -0.4 is 49.5 Å². The highest BCUT2D eigenvalue weighted by molar-refractivity contribution is 6.07. The van der Waals surface area contributed by atoms with Gasteiger partial charge in [-0.25, -0.2) is 68.2 Å². The van der Waals surface area contributed by atoms with E-state index in [4.69, 9.17) is 48.1 Å². The number of benzene rings is 8. The maximum atomic E-state index is 12.6. The number of nitrogen functional groups attached to an aromatic ring is 4. The molecule has 129 heavy (non-hydrogen) atoms. The summed E-state index contributed by atoms with van der Waals surface area (Å²) < 4.78 is 12.9. The van der Waals surface area contributed by atoms with E-state index in [9.17, 15) is 24.0 Å². The van der Waals surface area contributed by atoms with Crippen molar-refractivity contribution in [1.82, 2.24) is 83.9 Å². The Kier molecular flexibility index (Phi) is 28.6. The monoisotopic (exact) mass is 1730 g/mol. The predicted molar refractivity (Wildman–Crippen MR) is 512 cm³/mol. The van der Waals surface area contributed by atoms with Gasteiger partial charge in [0.2, 0.25) is 5.91 Å². The van der Waals surface area contributed by atoms with Gasteiger partial charge in [-0.3, -0.25) is 14.4 Å². The number of carbonyl (C=O) groups excluding carboxylic acids is 5. The molecule has 0 radical (unpaired) electrons. The number of nitrogens with two attached hydrogens (primary N) is 4. The summed E-state index contributed by atoms with van der Waals surface area (Å²) in [5, 5.41) is 36.4. The van der Waals surface area contributed by atoms with Crippen molar-refractivity contribution in [3.8, 4) is 45.0 Å². The highest BCUT2D eigenvalue weighted by Gasteiger charge is 2.34. The lowest BCUT2D eigenvalue weighted by atomic mass is 10.0. The predicted octanol–water partition coefficient (Wildman–Crippen LogP) is 19.1. The quantitative estimate of drug-likeness (QED) is 0.0409. The summed E-state index contributed by atoms with van der Waals surface area (Å²) in [7, 11) is 0. The molecule has 32 nitrogen and oxygen atoms in total. The van der Waals surface area contributed by atoms with Crippen LogP contribution >= 0.6 is 0 Å². The number of amides is 6. The first-order chi connectivity index (χ1) is 60.9. The Hall–Kier alpha value is -15.9. The molecule has 0 spiro atoms. The van der Waals surface area contributed by atoms with E-state index in [1.54, 1.807) is 29.2 Å². The van der Waals surface area contributed by atoms with Crippen LogP contribution in [0.25, 0.3) is 89.2 Å². The van der Waals surface area contributed by atoms with Gasteiger partial charge in [-0.05, 0) is 204 Å². The standard InChI is InChI=1S/C28H32N8O3.C23H24N6O.2C22H22N6O.2CH4/c1-17-6-5-7-20(14-17)33-26(37)32-19-10-8-18(9-11-19)23-22-24(29)30-16-31-25(22)36(34-23)21-12-13-35(15-21)27(38)39-28(2,3)4;1-14(2)29-23-20(22(24)25-13-26-23)21(28-29)17-8-5-7-16(11-17)12-19(30)27-18-9-4-6-15(3)10-18;1-13(2)28-21-18(20(23)24-12-25-21)19(27-28)15-7-5-9-17(11-15)26-22(29)16-8-4-6-14(3)10-16;1-13(2)28-21-18(20(23)24-12-25-21)19(27-28)15-7-9-17(10-8-15)26-22(29)16-6-4-5-14(3)11-16;;/h5-11,14,16,21H,12-13,15H2,1-4H3,(H2,29,30,31)(H2,32,33,37);4-11,13-14H,12H2,1-3H3,(H,27,30)(H2,24,25,26);2*4-13H,1-3H3,(H,26,29)(H2,23,24,25);2*1H4/t21-;;;;;/m1...../s1. The van der Waals surface area contributed by atoms with Crippen molar-refractivity contribution in [2.45, 2.75) is 147 Å². The molecule has 0 saturated carbocycles. The van der Waals surface area contributed by atoms with Crippen LogP contribution in [0.15, 0.2) is 219 Å². The van der Waals surface area contributed by atoms with Crippen LogP contribution in [-0.4, -0.2) is 132 Å². The van der Waals surface area contributed by atoms with Gasteiger partial charge in [-0.2, -0.15) is 20.4 Å². The molecule has 16 aromatic rings. The number of anilines is 9. The SMILES string of the molecule is C.C.Cc1cccc(C(=O)Nc2ccc(-c3nn(C(C)C)c4ncnc(N)c34)cc2)c1.Cc1cccc(C(=O)Nc2cccc(-c3nn(C(C)C)c4ncnc(N)c34)c2)c1.Cc1cccc(NC(=O)Cc2cccc(-c3nn(C(C)C)c4ncnc(N)c34)c2)c1.Cc1cccc(NC(=O)Nc2ccc(-c3nn([C@@H]4CCN(C(=O)OC(C)(C)C)C4)c4ncnc(N)c34)cc2)c1. The fourth-order valence-electron chi connectivity index (χ4n) is 14.7. The molecule has 32 heteroatoms. The molecule has 1 saturated heterocycles. The molecule has 662 valence electrons. The van der Waals surface area contributed by atoms with Crippen LogP contribution in [0.2, 0.25) is 0 Å². The van der Waals surface area contributed by atoms with Crippen molar-refractivity contribution < 1.29 is 28.7 Å². The number of ether oxygens (including phenoxy) is 1. The molecule has 0 unspecified atom stereocenters. The van der Waals surface area contributed by atoms with Gasteiger partial charge in [-0.15, -0.1) is 0 Å². The Labute approximate surface area is 747 Å². The zero-order valence-corrected chi connectivity index (χ0v) is 72.8. The van der Waals surface area contributed by atoms with E-state index in [1.807, 2.05) is 279 Å². The number of aromatic nitrogens is 16. The minimum atomic E-state index is -0.565. The minimum absolute atomic E-state index is 0. The number of nitrogens with zero attached hydrogens (tertiary/aromatic N) is 17. The van der Waals surface area contributed by atoms with Crippen molar-refractivity contribution >= 4 is 126 Å². The number of hydrogen-bond donors (Lipinski definition) is 9. The van der Waals surface area contributed by atoms with Crippen molar-refractivity contribution in [3.05, 3.63) is 258 Å². The minimum Gasteiger partial charge on any atom is -0.444 e. The Bertz CT molecular complexity index is 6770. The van der Waals surface area contributed by atoms with Gasteiger partial charge >= 0.3 is 12.1 Å². The van der Waals surface area contributed by atoms with Crippen LogP contribution in [0.1, 0.15) is 156 Å². The normalized spacial score (nSPS) is 12.3. The average Bonchev–Trinajstić information content (AvgIpc) is 1.62. The molecule has 0 bridgehead atoms. The second-order valence-electron chi connectivity index (χ2n) is 32.8. The summed E-state index contributed by atoms with van der Waals surface area (Å²) in [5.41, 5.74) is 42.9. The number of nitrogens with one attached hydrogen (secondary N) is 5. The Morgan fingerprint density at radius 1 is 0.403 bits per heavy atom. The van der Waals surface area contributed by atoms with E-state index in [0.29, 0.717) is 121 Å². The van der Waals surface area contributed by atoms with Crippen LogP contribution in [-0.2, 0) is 16.0 Å². The number of urea groups is 1. The first-order valence-corrected chi connectivity index (χ1v) is 41.5. The van der Waals surface area contributed by atoms with E-state index in [2.05, 4.69) is 66.5 Å². The lowest BCUT2D eigenvalue weighted by molar-refractivity contribution is -0.115. The molecule has 9 heterocycles. The number of carbonyl (C=O) groups is 5. The van der Waals surface area contributed by atoms with E-state index < -0.39 is 5.60 Å². The third kappa shape index (κ3) is 21.7. The molecule has 1 fully saturated rings. The summed E-state index contributed by atoms with van der Waals surface area (Å²) in [6, 6.07) is 60.4. The third-order valence-corrected chi connectivity index (χ3v) is 20.6. The lowest BCUT2D eigenvalue weighted by Crippen LogP contribution is -2.35. The van der Waals surface area contributed by atoms with Gasteiger partial charge in [0, 0.05) is 93.0 Å². The Morgan fingerprint density at radius 2 is 0.767 bits per heavy atom. The molecule has 1 atom stereocenters. The summed E-state index contributed by atoms with van der Waals surface area (Å²) in [4.78, 5) is 98.5. The summed E-state index contributed by atoms with van der Waals surface area (Å²) >= 11 is 0. The zero-order chi connectivity index (χ0) is 90.1. The Balaban J connectivity index is 0.000000156. The number of fused-ring (bicyclic) bond motifs is 4. The maximum absolute atomic E-state index is 12.6. The summed E-state index contributed by atoms with van der Waals surface area (Å²) in [6.45, 7) is 26.7. The average molecular weight is 1730 g/mol. The van der Waals surface area contributed by atoms with Gasteiger partial charge < -0.3 is 59.2 Å². The summed E-state index contributed by atoms with van der Waals surface area (Å²) in [5.74, 6) is 1.12. The molecule has 6 amide bonds. The first-order valence-electron chi connectivity index (χ1n) is 41.5. The van der Waals surface area contributed by atoms with Crippen molar-refractivity contribution in [2.75, 3.05) is 62.6 Å². The second-order valence-corrected chi connectivity index (χ2v) is 32.8. The van der Waals surface area contributed by atoms with Gasteiger partial charge in [0.25, 0.3) is 11.8 Å². The maximum Gasteiger partial charge on any atom is 0.410 e. The topological polar surface area (TPSA) is 436 Å². The fourth-order valence-corrected chi connectivity index (χ4v) is 14.7.